The van der Waals surface area contributed by atoms with Crippen LogP contribution in [-0.2, 0) is 4.74 Å². The second kappa shape index (κ2) is 35.9. The molecule has 40 heavy (non-hydrogen) atoms. The predicted octanol–water partition coefficient (Wildman–Crippen LogP) is 13.7. The normalized spacial score (nSPS) is 12.5. The van der Waals surface area contributed by atoms with Gasteiger partial charge in [0.15, 0.2) is 0 Å². The minimum Gasteiger partial charge on any atom is -0.384 e. The van der Waals surface area contributed by atoms with E-state index < -0.39 is 0 Å². The third-order valence-corrected chi connectivity index (χ3v) is 8.03. The molecule has 0 aliphatic carbocycles. The Morgan fingerprint density at radius 3 is 1.07 bits per heavy atom. The van der Waals surface area contributed by atoms with Gasteiger partial charge in [0.05, 0.1) is 0 Å². The van der Waals surface area contributed by atoms with Crippen molar-refractivity contribution >= 4 is 0 Å². The summed E-state index contributed by atoms with van der Waals surface area (Å²) in [5.74, 6) is 0.779. The topological polar surface area (TPSA) is 9.23 Å². The van der Waals surface area contributed by atoms with Gasteiger partial charge in [-0.05, 0) is 83.0 Å². The van der Waals surface area contributed by atoms with E-state index >= 15 is 0 Å². The zero-order valence-corrected chi connectivity index (χ0v) is 27.7. The van der Waals surface area contributed by atoms with Crippen LogP contribution < -0.4 is 0 Å². The van der Waals surface area contributed by atoms with E-state index in [0.29, 0.717) is 0 Å². The Bertz CT molecular complexity index is 521. The van der Waals surface area contributed by atoms with Crippen LogP contribution in [-0.4, -0.2) is 13.7 Å². The minimum atomic E-state index is 0.779. The maximum absolute atomic E-state index is 5.54. The van der Waals surface area contributed by atoms with Crippen molar-refractivity contribution in [2.24, 2.45) is 5.92 Å². The lowest BCUT2D eigenvalue weighted by Crippen LogP contribution is -2.08. The third-order valence-electron chi connectivity index (χ3n) is 8.03. The van der Waals surface area contributed by atoms with Crippen LogP contribution in [0.3, 0.4) is 0 Å². The molecule has 0 aromatic carbocycles. The average Bonchev–Trinajstić information content (AvgIpc) is 2.96. The Labute approximate surface area is 253 Å². The van der Waals surface area contributed by atoms with Gasteiger partial charge < -0.3 is 4.74 Å². The molecule has 0 bridgehead atoms. The smallest absolute Gasteiger partial charge is 0.0490 e. The monoisotopic (exact) mass is 557 g/mol. The van der Waals surface area contributed by atoms with Crippen LogP contribution >= 0.6 is 0 Å². The summed E-state index contributed by atoms with van der Waals surface area (Å²) in [6.45, 7) is 5.50. The lowest BCUT2D eigenvalue weighted by atomic mass is 9.94. The Kier molecular flexibility index (Phi) is 35.0. The third kappa shape index (κ3) is 33.1. The second-order valence-electron chi connectivity index (χ2n) is 12.1. The van der Waals surface area contributed by atoms with Crippen LogP contribution in [0.25, 0.3) is 0 Å². The number of ether oxygens (including phenoxy) is 1. The second-order valence-corrected chi connectivity index (χ2v) is 12.1. The first-order valence-electron chi connectivity index (χ1n) is 17.9. The van der Waals surface area contributed by atoms with Crippen LogP contribution in [0, 0.1) is 5.92 Å². The lowest BCUT2D eigenvalue weighted by molar-refractivity contribution is 0.140. The molecule has 0 saturated heterocycles. The molecular formula is C39H72O. The lowest BCUT2D eigenvalue weighted by Gasteiger charge is -2.16. The fraction of sp³-hybridized carbons (Fsp3) is 0.795. The molecule has 0 N–H and O–H groups in total. The number of hydrogen-bond donors (Lipinski definition) is 0. The summed E-state index contributed by atoms with van der Waals surface area (Å²) in [7, 11) is 1.88. The molecule has 1 nitrogen and oxygen atoms in total. The van der Waals surface area contributed by atoms with Crippen LogP contribution in [0.1, 0.15) is 181 Å². The van der Waals surface area contributed by atoms with Crippen molar-refractivity contribution in [3.05, 3.63) is 48.6 Å². The molecule has 0 rings (SSSR count). The highest BCUT2D eigenvalue weighted by Crippen LogP contribution is 2.20. The molecule has 0 atom stereocenters. The van der Waals surface area contributed by atoms with Crippen molar-refractivity contribution in [2.75, 3.05) is 13.7 Å². The van der Waals surface area contributed by atoms with E-state index in [1.54, 1.807) is 0 Å². The fourth-order valence-electron chi connectivity index (χ4n) is 5.39. The van der Waals surface area contributed by atoms with Crippen molar-refractivity contribution in [2.45, 2.75) is 181 Å². The van der Waals surface area contributed by atoms with Crippen molar-refractivity contribution < 1.29 is 4.74 Å². The molecule has 0 aromatic heterocycles. The molecule has 0 saturated carbocycles. The summed E-state index contributed by atoms with van der Waals surface area (Å²) < 4.78 is 5.54. The molecular weight excluding hydrogens is 484 g/mol. The number of rotatable bonds is 32. The molecule has 234 valence electrons. The van der Waals surface area contributed by atoms with Gasteiger partial charge in [0.25, 0.3) is 0 Å². The molecule has 0 unspecified atom stereocenters. The molecule has 1 heteroatoms. The van der Waals surface area contributed by atoms with Gasteiger partial charge in [-0.15, -0.1) is 0 Å². The van der Waals surface area contributed by atoms with Crippen molar-refractivity contribution in [3.8, 4) is 0 Å². The summed E-state index contributed by atoms with van der Waals surface area (Å²) in [5.41, 5.74) is 0. The quantitative estimate of drug-likeness (QED) is 0.0591. The van der Waals surface area contributed by atoms with Crippen LogP contribution in [0.15, 0.2) is 48.6 Å². The first kappa shape index (κ1) is 38.9. The number of hydrogen-bond acceptors (Lipinski definition) is 1. The molecule has 0 fully saturated rings. The molecule has 0 spiro atoms. The number of allylic oxidation sites excluding steroid dienone is 8. The van der Waals surface area contributed by atoms with Crippen molar-refractivity contribution in [1.82, 2.24) is 0 Å². The minimum absolute atomic E-state index is 0.779. The van der Waals surface area contributed by atoms with Crippen LogP contribution in [0.5, 0.6) is 0 Å². The first-order chi connectivity index (χ1) is 19.8. The predicted molar refractivity (Wildman–Crippen MR) is 183 cm³/mol. The molecule has 0 amide bonds. The number of unbranched alkanes of at least 4 members (excludes halogenated alkanes) is 18. The van der Waals surface area contributed by atoms with Gasteiger partial charge in [-0.3, -0.25) is 0 Å². The highest BCUT2D eigenvalue weighted by atomic mass is 16.5. The summed E-state index contributed by atoms with van der Waals surface area (Å²) in [6.07, 6.45) is 53.6. The van der Waals surface area contributed by atoms with Crippen molar-refractivity contribution in [3.63, 3.8) is 0 Å². The Balaban J connectivity index is 3.51. The summed E-state index contributed by atoms with van der Waals surface area (Å²) >= 11 is 0. The van der Waals surface area contributed by atoms with E-state index in [2.05, 4.69) is 62.5 Å². The Hall–Kier alpha value is -1.08. The van der Waals surface area contributed by atoms with Crippen molar-refractivity contribution in [1.29, 1.82) is 0 Å². The summed E-state index contributed by atoms with van der Waals surface area (Å²) in [4.78, 5) is 0. The highest BCUT2D eigenvalue weighted by molar-refractivity contribution is 4.93. The van der Waals surface area contributed by atoms with Gasteiger partial charge in [-0.2, -0.15) is 0 Å². The molecule has 0 heterocycles. The SMILES string of the molecule is CCCCC/C=C\C/C=C\CCCCCCCCC(CCCCCCCC/C=C\C/C=C\CCCCC)COC. The van der Waals surface area contributed by atoms with Gasteiger partial charge in [0, 0.05) is 13.7 Å². The molecule has 0 aliphatic heterocycles. The van der Waals surface area contributed by atoms with Gasteiger partial charge in [0.1, 0.15) is 0 Å². The van der Waals surface area contributed by atoms with E-state index in [9.17, 15) is 0 Å². The largest absolute Gasteiger partial charge is 0.384 e. The maximum atomic E-state index is 5.54. The van der Waals surface area contributed by atoms with E-state index in [1.807, 2.05) is 7.11 Å². The molecule has 0 aliphatic rings. The van der Waals surface area contributed by atoms with E-state index in [4.69, 9.17) is 4.74 Å². The van der Waals surface area contributed by atoms with Crippen LogP contribution in [0.2, 0.25) is 0 Å². The van der Waals surface area contributed by atoms with Gasteiger partial charge in [0.2, 0.25) is 0 Å². The molecule has 0 radical (unpaired) electrons. The van der Waals surface area contributed by atoms with Crippen LogP contribution in [0.4, 0.5) is 0 Å². The van der Waals surface area contributed by atoms with Gasteiger partial charge >= 0.3 is 0 Å². The fourth-order valence-corrected chi connectivity index (χ4v) is 5.39. The number of methoxy groups -OCH3 is 1. The van der Waals surface area contributed by atoms with E-state index in [1.165, 1.54) is 154 Å². The average molecular weight is 557 g/mol. The first-order valence-corrected chi connectivity index (χ1v) is 17.9. The van der Waals surface area contributed by atoms with Gasteiger partial charge in [-0.1, -0.05) is 152 Å². The zero-order valence-electron chi connectivity index (χ0n) is 27.7. The van der Waals surface area contributed by atoms with Gasteiger partial charge in [-0.25, -0.2) is 0 Å². The van der Waals surface area contributed by atoms with E-state index in [-0.39, 0.29) is 0 Å². The maximum Gasteiger partial charge on any atom is 0.0490 e. The Morgan fingerprint density at radius 2 is 0.725 bits per heavy atom. The molecule has 0 aromatic rings. The standard InChI is InChI=1S/C39H72O/c1-4-6-8-10-12-14-16-18-20-22-24-26-28-30-32-34-36-39(38-40-3)37-35-33-31-29-27-25-23-21-19-17-15-13-11-9-7-5-2/h12-15,18-21,39H,4-11,16-17,22-38H2,1-3H3/b14-12-,15-13-,20-18-,21-19-. The Morgan fingerprint density at radius 1 is 0.400 bits per heavy atom. The summed E-state index contributed by atoms with van der Waals surface area (Å²) in [6, 6.07) is 0. The highest BCUT2D eigenvalue weighted by Gasteiger charge is 2.08. The van der Waals surface area contributed by atoms with E-state index in [0.717, 1.165) is 25.4 Å². The zero-order chi connectivity index (χ0) is 29.0. The summed E-state index contributed by atoms with van der Waals surface area (Å²) in [5, 5.41) is 0.